The van der Waals surface area contributed by atoms with Crippen LogP contribution >= 0.6 is 11.6 Å². The average Bonchev–Trinajstić information content (AvgIpc) is 2.28. The van der Waals surface area contributed by atoms with Gasteiger partial charge in [0.2, 0.25) is 5.91 Å². The topological polar surface area (TPSA) is 89.3 Å². The number of amides is 1. The van der Waals surface area contributed by atoms with E-state index in [1.54, 1.807) is 0 Å². The molecule has 0 aliphatic rings. The maximum Gasteiger partial charge on any atom is 0.405 e. The van der Waals surface area contributed by atoms with Crippen LogP contribution in [0.1, 0.15) is 0 Å². The number of hydrogen-bond acceptors (Lipinski definition) is 4. The van der Waals surface area contributed by atoms with Crippen molar-refractivity contribution in [3.8, 4) is 0 Å². The van der Waals surface area contributed by atoms with Crippen molar-refractivity contribution in [2.24, 2.45) is 0 Å². The number of anilines is 1. The molecule has 0 aromatic heterocycles. The predicted molar refractivity (Wildman–Crippen MR) is 67.0 cm³/mol. The lowest BCUT2D eigenvalue weighted by atomic mass is 10.3. The Bertz CT molecular complexity index is 617. The van der Waals surface area contributed by atoms with Gasteiger partial charge in [-0.3, -0.25) is 4.79 Å². The quantitative estimate of drug-likeness (QED) is 0.816. The number of carbonyl (C=O) groups excluding carboxylic acids is 1. The Morgan fingerprint density at radius 1 is 1.35 bits per heavy atom. The SMILES string of the molecule is Nc1ccc(S(=O)(=O)CC(=O)NCC(F)(F)F)cc1Cl. The predicted octanol–water partition coefficient (Wildman–Crippen LogP) is 1.37. The van der Waals surface area contributed by atoms with E-state index in [2.05, 4.69) is 0 Å². The van der Waals surface area contributed by atoms with Crippen molar-refractivity contribution in [3.05, 3.63) is 23.2 Å². The summed E-state index contributed by atoms with van der Waals surface area (Å²) in [5.41, 5.74) is 5.54. The average molecular weight is 331 g/mol. The summed E-state index contributed by atoms with van der Waals surface area (Å²) in [4.78, 5) is 10.9. The zero-order chi connectivity index (χ0) is 15.6. The number of rotatable bonds is 4. The van der Waals surface area contributed by atoms with Gasteiger partial charge in [0, 0.05) is 0 Å². The maximum atomic E-state index is 11.9. The Hall–Kier alpha value is -1.48. The van der Waals surface area contributed by atoms with Gasteiger partial charge in [-0.15, -0.1) is 0 Å². The Kier molecular flexibility index (Phi) is 4.87. The number of nitrogens with two attached hydrogens (primary N) is 1. The maximum absolute atomic E-state index is 11.9. The Morgan fingerprint density at radius 3 is 2.45 bits per heavy atom. The van der Waals surface area contributed by atoms with E-state index in [4.69, 9.17) is 17.3 Å². The molecule has 1 aromatic rings. The molecule has 0 fully saturated rings. The lowest BCUT2D eigenvalue weighted by Crippen LogP contribution is -2.37. The molecule has 0 radical (unpaired) electrons. The highest BCUT2D eigenvalue weighted by Gasteiger charge is 2.29. The largest absolute Gasteiger partial charge is 0.405 e. The minimum Gasteiger partial charge on any atom is -0.398 e. The lowest BCUT2D eigenvalue weighted by Gasteiger charge is -2.09. The highest BCUT2D eigenvalue weighted by atomic mass is 35.5. The van der Waals surface area contributed by atoms with Crippen LogP contribution < -0.4 is 11.1 Å². The molecular formula is C10H10ClF3N2O3S. The van der Waals surface area contributed by atoms with Crippen LogP contribution in [0.3, 0.4) is 0 Å². The van der Waals surface area contributed by atoms with E-state index in [0.717, 1.165) is 12.1 Å². The van der Waals surface area contributed by atoms with Gasteiger partial charge in [0.05, 0.1) is 15.6 Å². The van der Waals surface area contributed by atoms with E-state index in [1.807, 2.05) is 0 Å². The van der Waals surface area contributed by atoms with E-state index >= 15 is 0 Å². The Balaban J connectivity index is 2.79. The van der Waals surface area contributed by atoms with E-state index < -0.39 is 34.2 Å². The van der Waals surface area contributed by atoms with Crippen molar-refractivity contribution in [2.75, 3.05) is 18.0 Å². The summed E-state index contributed by atoms with van der Waals surface area (Å²) in [7, 11) is -4.09. The van der Waals surface area contributed by atoms with Crippen LogP contribution in [0.2, 0.25) is 5.02 Å². The molecule has 0 bridgehead atoms. The summed E-state index contributed by atoms with van der Waals surface area (Å²) in [5.74, 6) is -2.36. The zero-order valence-corrected chi connectivity index (χ0v) is 11.4. The molecule has 1 aromatic carbocycles. The zero-order valence-electron chi connectivity index (χ0n) is 9.87. The second kappa shape index (κ2) is 5.88. The second-order valence-electron chi connectivity index (χ2n) is 3.83. The van der Waals surface area contributed by atoms with Crippen molar-refractivity contribution in [1.29, 1.82) is 0 Å². The third-order valence-electron chi connectivity index (χ3n) is 2.14. The smallest absolute Gasteiger partial charge is 0.398 e. The van der Waals surface area contributed by atoms with Crippen LogP contribution in [-0.2, 0) is 14.6 Å². The highest BCUT2D eigenvalue weighted by molar-refractivity contribution is 7.92. The summed E-state index contributed by atoms with van der Waals surface area (Å²) >= 11 is 5.64. The van der Waals surface area contributed by atoms with Crippen molar-refractivity contribution in [3.63, 3.8) is 0 Å². The molecule has 0 spiro atoms. The first kappa shape index (κ1) is 16.6. The molecule has 10 heteroatoms. The number of carbonyl (C=O) groups is 1. The first-order valence-electron chi connectivity index (χ1n) is 5.12. The molecule has 1 rings (SSSR count). The van der Waals surface area contributed by atoms with Gasteiger partial charge in [0.25, 0.3) is 0 Å². The minimum atomic E-state index is -4.61. The van der Waals surface area contributed by atoms with E-state index in [1.165, 1.54) is 11.4 Å². The number of halogens is 4. The van der Waals surface area contributed by atoms with E-state index in [9.17, 15) is 26.4 Å². The van der Waals surface area contributed by atoms with Gasteiger partial charge in [-0.05, 0) is 18.2 Å². The number of hydrogen-bond donors (Lipinski definition) is 2. The lowest BCUT2D eigenvalue weighted by molar-refractivity contribution is -0.137. The molecule has 3 N–H and O–H groups in total. The summed E-state index contributed by atoms with van der Waals surface area (Å²) in [6, 6.07) is 3.37. The van der Waals surface area contributed by atoms with Crippen LogP contribution in [-0.4, -0.2) is 32.8 Å². The van der Waals surface area contributed by atoms with Crippen molar-refractivity contribution >= 4 is 33.0 Å². The molecule has 5 nitrogen and oxygen atoms in total. The normalized spacial score (nSPS) is 12.2. The Labute approximate surface area is 117 Å². The van der Waals surface area contributed by atoms with Gasteiger partial charge in [-0.2, -0.15) is 13.2 Å². The van der Waals surface area contributed by atoms with Crippen LogP contribution in [0.4, 0.5) is 18.9 Å². The summed E-state index contributed by atoms with van der Waals surface area (Å²) in [6.45, 7) is -1.59. The third kappa shape index (κ3) is 4.89. The molecule has 1 amide bonds. The van der Waals surface area contributed by atoms with Gasteiger partial charge in [-0.1, -0.05) is 11.6 Å². The molecule has 0 aliphatic carbocycles. The molecule has 0 unspecified atom stereocenters. The summed E-state index contributed by atoms with van der Waals surface area (Å²) < 4.78 is 59.2. The van der Waals surface area contributed by atoms with Gasteiger partial charge in [0.1, 0.15) is 12.3 Å². The van der Waals surface area contributed by atoms with Gasteiger partial charge in [0.15, 0.2) is 9.84 Å². The summed E-state index contributed by atoms with van der Waals surface area (Å²) in [6.07, 6.45) is -4.61. The van der Waals surface area contributed by atoms with Gasteiger partial charge >= 0.3 is 6.18 Å². The number of nitrogen functional groups attached to an aromatic ring is 1. The number of alkyl halides is 3. The molecule has 0 saturated heterocycles. The minimum absolute atomic E-state index is 0.0261. The fourth-order valence-electron chi connectivity index (χ4n) is 1.21. The molecule has 0 aliphatic heterocycles. The molecule has 0 saturated carbocycles. The molecule has 0 atom stereocenters. The standard InChI is InChI=1S/C10H10ClF3N2O3S/c11-7-3-6(1-2-8(7)15)20(18,19)4-9(17)16-5-10(12,13)14/h1-3H,4-5,15H2,(H,16,17). The molecule has 20 heavy (non-hydrogen) atoms. The third-order valence-corrected chi connectivity index (χ3v) is 4.08. The van der Waals surface area contributed by atoms with Crippen LogP contribution in [0, 0.1) is 0 Å². The number of benzene rings is 1. The van der Waals surface area contributed by atoms with Crippen molar-refractivity contribution in [2.45, 2.75) is 11.1 Å². The molecule has 112 valence electrons. The number of nitrogens with one attached hydrogen (secondary N) is 1. The fourth-order valence-corrected chi connectivity index (χ4v) is 2.64. The van der Waals surface area contributed by atoms with Crippen molar-refractivity contribution in [1.82, 2.24) is 5.32 Å². The first-order valence-corrected chi connectivity index (χ1v) is 7.15. The van der Waals surface area contributed by atoms with E-state index in [-0.39, 0.29) is 15.6 Å². The Morgan fingerprint density at radius 2 is 1.95 bits per heavy atom. The van der Waals surface area contributed by atoms with Gasteiger partial charge in [-0.25, -0.2) is 8.42 Å². The molecule has 0 heterocycles. The van der Waals surface area contributed by atoms with Crippen LogP contribution in [0.25, 0.3) is 0 Å². The van der Waals surface area contributed by atoms with Crippen LogP contribution in [0.15, 0.2) is 23.1 Å². The van der Waals surface area contributed by atoms with Crippen molar-refractivity contribution < 1.29 is 26.4 Å². The van der Waals surface area contributed by atoms with Crippen LogP contribution in [0.5, 0.6) is 0 Å². The molecular weight excluding hydrogens is 321 g/mol. The second-order valence-corrected chi connectivity index (χ2v) is 6.23. The van der Waals surface area contributed by atoms with Gasteiger partial charge < -0.3 is 11.1 Å². The first-order chi connectivity index (χ1) is 9.01. The summed E-state index contributed by atoms with van der Waals surface area (Å²) in [5, 5.41) is 1.45. The number of sulfone groups is 1. The van der Waals surface area contributed by atoms with E-state index in [0.29, 0.717) is 0 Å². The fraction of sp³-hybridized carbons (Fsp3) is 0.300. The highest BCUT2D eigenvalue weighted by Crippen LogP contribution is 2.23. The monoisotopic (exact) mass is 330 g/mol.